The number of benzene rings is 1. The Kier molecular flexibility index (Phi) is 6.22. The molecule has 0 bridgehead atoms. The number of aliphatic imine (C=N–C) groups is 1. The van der Waals surface area contributed by atoms with Crippen LogP contribution in [0.15, 0.2) is 35.5 Å². The van der Waals surface area contributed by atoms with Crippen LogP contribution in [0.2, 0.25) is 0 Å². The van der Waals surface area contributed by atoms with Gasteiger partial charge in [-0.05, 0) is 17.5 Å². The molecule has 0 aliphatic rings. The van der Waals surface area contributed by atoms with E-state index in [0.29, 0.717) is 0 Å². The average molecular weight is 283 g/mol. The van der Waals surface area contributed by atoms with Gasteiger partial charge in [0.15, 0.2) is 0 Å². The number of hydrogen-bond acceptors (Lipinski definition) is 4. The van der Waals surface area contributed by atoms with Crippen molar-refractivity contribution in [3.63, 3.8) is 0 Å². The fraction of sp³-hybridized carbons (Fsp3) is 0.231. The van der Waals surface area contributed by atoms with E-state index < -0.39 is 17.9 Å². The summed E-state index contributed by atoms with van der Waals surface area (Å²) in [5, 5.41) is 21.2. The summed E-state index contributed by atoms with van der Waals surface area (Å²) in [4.78, 5) is 17.8. The Morgan fingerprint density at radius 1 is 1.45 bits per heavy atom. The zero-order valence-electron chi connectivity index (χ0n) is 11.2. The normalized spacial score (nSPS) is 12.9. The zero-order valence-corrected chi connectivity index (χ0v) is 13.2. The molecule has 1 aromatic carbocycles. The maximum Gasteiger partial charge on any atom is 1.00 e. The minimum Gasteiger partial charge on any atom is -0.861 e. The molecule has 1 heterocycles. The summed E-state index contributed by atoms with van der Waals surface area (Å²) in [6, 6.07) is 6.45. The van der Waals surface area contributed by atoms with E-state index >= 15 is 0 Å². The van der Waals surface area contributed by atoms with E-state index in [-0.39, 0.29) is 42.5 Å². The van der Waals surface area contributed by atoms with E-state index in [0.717, 1.165) is 16.5 Å². The molecule has 0 saturated carbocycles. The van der Waals surface area contributed by atoms with Crippen LogP contribution in [0.3, 0.4) is 0 Å². The second-order valence-electron chi connectivity index (χ2n) is 4.14. The first-order valence-electron chi connectivity index (χ1n) is 5.83. The molecule has 20 heavy (non-hydrogen) atoms. The number of carboxylic acid groups (broad SMARTS) is 1. The number of aromatic nitrogens is 1. The molecule has 0 aliphatic heterocycles. The Hall–Kier alpha value is -1.34. The zero-order chi connectivity index (χ0) is 13.8. The van der Waals surface area contributed by atoms with E-state index in [1.807, 2.05) is 24.3 Å². The van der Waals surface area contributed by atoms with Crippen molar-refractivity contribution in [1.29, 1.82) is 0 Å². The van der Waals surface area contributed by atoms with E-state index in [1.165, 1.54) is 0 Å². The molecule has 1 aromatic heterocycles. The van der Waals surface area contributed by atoms with Gasteiger partial charge >= 0.3 is 35.5 Å². The predicted molar refractivity (Wildman–Crippen MR) is 69.9 cm³/mol. The Balaban J connectivity index is 0.00000200. The number of carboxylic acids is 1. The minimum atomic E-state index is -1.13. The maximum absolute atomic E-state index is 11.2. The summed E-state index contributed by atoms with van der Waals surface area (Å²) < 4.78 is 0. The van der Waals surface area contributed by atoms with Gasteiger partial charge in [-0.15, -0.1) is 0 Å². The predicted octanol–water partition coefficient (Wildman–Crippen LogP) is -3.11. The van der Waals surface area contributed by atoms with Crippen molar-refractivity contribution in [2.75, 3.05) is 6.54 Å². The van der Waals surface area contributed by atoms with Gasteiger partial charge in [0.05, 0.1) is 0 Å². The second kappa shape index (κ2) is 7.44. The number of hydrogen-bond donors (Lipinski definition) is 3. The van der Waals surface area contributed by atoms with Gasteiger partial charge in [0.1, 0.15) is 6.04 Å². The molecule has 0 unspecified atom stereocenters. The average Bonchev–Trinajstić information content (AvgIpc) is 2.81. The van der Waals surface area contributed by atoms with Crippen LogP contribution in [0.1, 0.15) is 5.56 Å². The van der Waals surface area contributed by atoms with Crippen LogP contribution in [0, 0.1) is 0 Å². The number of rotatable bonds is 5. The van der Waals surface area contributed by atoms with Gasteiger partial charge < -0.3 is 20.9 Å². The number of aliphatic carboxylic acids is 1. The van der Waals surface area contributed by atoms with E-state index in [9.17, 15) is 9.90 Å². The largest absolute Gasteiger partial charge is 1.00 e. The molecule has 0 fully saturated rings. The number of nitrogens with zero attached hydrogens (tertiary/aromatic N) is 1. The molecule has 2 rings (SSSR count). The number of aromatic amines is 1. The summed E-state index contributed by atoms with van der Waals surface area (Å²) in [5.41, 5.74) is 6.88. The molecule has 0 saturated heterocycles. The number of nitrogens with one attached hydrogen (secondary N) is 1. The number of para-hydroxylation sites is 1. The Labute approximate surface area is 138 Å². The van der Waals surface area contributed by atoms with Gasteiger partial charge in [0, 0.05) is 30.1 Å². The summed E-state index contributed by atoms with van der Waals surface area (Å²) in [6.45, 7) is -0.280. The first-order valence-corrected chi connectivity index (χ1v) is 5.83. The summed E-state index contributed by atoms with van der Waals surface area (Å²) >= 11 is 0. The van der Waals surface area contributed by atoms with Gasteiger partial charge in [-0.2, -0.15) is 0 Å². The molecule has 0 amide bonds. The van der Waals surface area contributed by atoms with E-state index in [2.05, 4.69) is 9.98 Å². The van der Waals surface area contributed by atoms with Crippen LogP contribution >= 0.6 is 0 Å². The Bertz CT molecular complexity index is 624. The quantitative estimate of drug-likeness (QED) is 0.306. The SMILES string of the molecule is NCC([O-])=N[C@@H](Cc1c[nH]c2ccccc12)C(=O)O.[Na+]. The fourth-order valence-electron chi connectivity index (χ4n) is 1.92. The van der Waals surface area contributed by atoms with Crippen LogP contribution in [0.5, 0.6) is 0 Å². The third-order valence-electron chi connectivity index (χ3n) is 2.85. The van der Waals surface area contributed by atoms with Gasteiger partial charge in [-0.3, -0.25) is 4.99 Å². The summed E-state index contributed by atoms with van der Waals surface area (Å²) in [5.74, 6) is -1.74. The molecule has 0 spiro atoms. The van der Waals surface area contributed by atoms with Gasteiger partial charge in [0.2, 0.25) is 0 Å². The van der Waals surface area contributed by atoms with Crippen molar-refractivity contribution >= 4 is 22.8 Å². The summed E-state index contributed by atoms with van der Waals surface area (Å²) in [6.07, 6.45) is 1.90. The molecule has 2 aromatic rings. The molecule has 1 atom stereocenters. The molecule has 0 aliphatic carbocycles. The Morgan fingerprint density at radius 2 is 2.15 bits per heavy atom. The van der Waals surface area contributed by atoms with Crippen molar-refractivity contribution in [3.8, 4) is 0 Å². The molecular weight excluding hydrogens is 269 g/mol. The minimum absolute atomic E-state index is 0. The first-order chi connectivity index (χ1) is 9.11. The smallest absolute Gasteiger partial charge is 0.861 e. The van der Waals surface area contributed by atoms with Gasteiger partial charge in [0.25, 0.3) is 0 Å². The summed E-state index contributed by atoms with van der Waals surface area (Å²) in [7, 11) is 0. The monoisotopic (exact) mass is 283 g/mol. The van der Waals surface area contributed by atoms with Crippen molar-refractivity contribution in [3.05, 3.63) is 36.0 Å². The maximum atomic E-state index is 11.2. The van der Waals surface area contributed by atoms with Crippen molar-refractivity contribution in [2.45, 2.75) is 12.5 Å². The molecule has 6 nitrogen and oxygen atoms in total. The van der Waals surface area contributed by atoms with Crippen LogP contribution in [0.4, 0.5) is 0 Å². The number of fused-ring (bicyclic) bond motifs is 1. The Morgan fingerprint density at radius 3 is 2.80 bits per heavy atom. The van der Waals surface area contributed by atoms with Crippen LogP contribution in [-0.2, 0) is 11.2 Å². The third kappa shape index (κ3) is 3.83. The van der Waals surface area contributed by atoms with E-state index in [1.54, 1.807) is 6.20 Å². The topological polar surface area (TPSA) is 115 Å². The molecular formula is C13H14N3NaO3. The fourth-order valence-corrected chi connectivity index (χ4v) is 1.92. The molecule has 100 valence electrons. The van der Waals surface area contributed by atoms with Crippen molar-refractivity contribution in [2.24, 2.45) is 10.7 Å². The van der Waals surface area contributed by atoms with Crippen molar-refractivity contribution in [1.82, 2.24) is 4.98 Å². The third-order valence-corrected chi connectivity index (χ3v) is 2.85. The first kappa shape index (κ1) is 16.7. The van der Waals surface area contributed by atoms with Crippen LogP contribution < -0.4 is 40.4 Å². The van der Waals surface area contributed by atoms with Crippen molar-refractivity contribution < 1.29 is 44.6 Å². The molecule has 4 N–H and O–H groups in total. The molecule has 0 radical (unpaired) electrons. The second-order valence-corrected chi connectivity index (χ2v) is 4.14. The number of carbonyl (C=O) groups is 1. The van der Waals surface area contributed by atoms with Crippen LogP contribution in [0.25, 0.3) is 10.9 Å². The number of nitrogens with two attached hydrogens (primary N) is 1. The molecule has 7 heteroatoms. The van der Waals surface area contributed by atoms with Crippen LogP contribution in [-0.4, -0.2) is 34.5 Å². The number of H-pyrrole nitrogens is 1. The van der Waals surface area contributed by atoms with Gasteiger partial charge in [-0.1, -0.05) is 18.2 Å². The standard InChI is InChI=1S/C13H15N3O3.Na/c14-6-12(17)16-11(13(18)19)5-8-7-15-10-4-2-1-3-9(8)10;/h1-4,7,11,15H,5-6,14H2,(H,16,17)(H,18,19);/q;+1/p-1/t11-;/m0./s1. The van der Waals surface area contributed by atoms with Gasteiger partial charge in [-0.25, -0.2) is 4.79 Å². The van der Waals surface area contributed by atoms with E-state index in [4.69, 9.17) is 10.8 Å².